The van der Waals surface area contributed by atoms with Gasteiger partial charge in [-0.3, -0.25) is 4.79 Å². The molecule has 0 aromatic rings. The van der Waals surface area contributed by atoms with Crippen molar-refractivity contribution in [1.29, 1.82) is 0 Å². The lowest BCUT2D eigenvalue weighted by molar-refractivity contribution is -0.125. The van der Waals surface area contributed by atoms with Gasteiger partial charge in [-0.2, -0.15) is 0 Å². The number of nitrogens with zero attached hydrogens (tertiary/aromatic N) is 1. The molecule has 100 valence electrons. The third-order valence-electron chi connectivity index (χ3n) is 6.08. The van der Waals surface area contributed by atoms with Crippen molar-refractivity contribution < 1.29 is 4.79 Å². The highest BCUT2D eigenvalue weighted by atomic mass is 16.1. The van der Waals surface area contributed by atoms with Crippen molar-refractivity contribution in [2.75, 3.05) is 13.1 Å². The fourth-order valence-electron chi connectivity index (χ4n) is 4.32. The summed E-state index contributed by atoms with van der Waals surface area (Å²) in [6.07, 6.45) is 8.42. The predicted molar refractivity (Wildman–Crippen MR) is 73.1 cm³/mol. The smallest absolute Gasteiger partial charge is 0.167 e. The van der Waals surface area contributed by atoms with Crippen LogP contribution >= 0.6 is 0 Å². The summed E-state index contributed by atoms with van der Waals surface area (Å²) in [4.78, 5) is 15.1. The molecule has 0 N–H and O–H groups in total. The fourth-order valence-corrected chi connectivity index (χ4v) is 4.32. The Morgan fingerprint density at radius 1 is 1.17 bits per heavy atom. The summed E-state index contributed by atoms with van der Waals surface area (Å²) in [5, 5.41) is 0. The van der Waals surface area contributed by atoms with Crippen molar-refractivity contribution in [3.8, 4) is 0 Å². The maximum Gasteiger partial charge on any atom is 0.167 e. The number of hydrogen-bond donors (Lipinski definition) is 0. The molecule has 1 saturated heterocycles. The molecule has 0 aromatic carbocycles. The van der Waals surface area contributed by atoms with Gasteiger partial charge in [-0.05, 0) is 43.4 Å². The fraction of sp³-hybridized carbons (Fsp3) is 0.812. The Hall–Kier alpha value is -0.790. The second kappa shape index (κ2) is 3.85. The number of rotatable bonds is 1. The number of carbonyl (C=O) groups excluding carboxylic acids is 1. The molecule has 3 aliphatic rings. The molecule has 0 spiro atoms. The molecule has 2 heteroatoms. The normalized spacial score (nSPS) is 40.8. The van der Waals surface area contributed by atoms with Crippen molar-refractivity contribution in [2.24, 2.45) is 16.7 Å². The summed E-state index contributed by atoms with van der Waals surface area (Å²) >= 11 is 0. The van der Waals surface area contributed by atoms with Crippen LogP contribution in [0, 0.1) is 16.7 Å². The standard InChI is InChI=1S/C16H25NO/c1-15(2)13-7-8-16(15,3)14(18)12(13)11-17-9-5-4-6-10-17/h11,13H,4-10H2,1-3H3/b12-11+/t13-,16+/m0/s1. The van der Waals surface area contributed by atoms with Crippen LogP contribution in [0.1, 0.15) is 52.9 Å². The van der Waals surface area contributed by atoms with E-state index >= 15 is 0 Å². The Morgan fingerprint density at radius 2 is 1.83 bits per heavy atom. The number of Topliss-reactive ketones (excluding diaryl/α,β-unsaturated/α-hetero) is 1. The summed E-state index contributed by atoms with van der Waals surface area (Å²) in [5.74, 6) is 0.936. The molecule has 2 bridgehead atoms. The molecule has 2 aliphatic carbocycles. The van der Waals surface area contributed by atoms with Crippen LogP contribution in [0.25, 0.3) is 0 Å². The maximum atomic E-state index is 12.7. The van der Waals surface area contributed by atoms with E-state index < -0.39 is 0 Å². The van der Waals surface area contributed by atoms with E-state index in [1.165, 1.54) is 25.7 Å². The van der Waals surface area contributed by atoms with Gasteiger partial charge in [0.05, 0.1) is 0 Å². The zero-order chi connectivity index (χ0) is 13.0. The van der Waals surface area contributed by atoms with Crippen molar-refractivity contribution >= 4 is 5.78 Å². The van der Waals surface area contributed by atoms with Crippen LogP contribution in [0.15, 0.2) is 11.8 Å². The largest absolute Gasteiger partial charge is 0.377 e. The van der Waals surface area contributed by atoms with Crippen molar-refractivity contribution in [1.82, 2.24) is 4.90 Å². The predicted octanol–water partition coefficient (Wildman–Crippen LogP) is 3.38. The Balaban J connectivity index is 1.90. The number of hydrogen-bond acceptors (Lipinski definition) is 2. The first kappa shape index (κ1) is 12.3. The number of allylic oxidation sites excluding steroid dienone is 1. The van der Waals surface area contributed by atoms with E-state index in [1.807, 2.05) is 0 Å². The van der Waals surface area contributed by atoms with E-state index in [2.05, 4.69) is 31.9 Å². The van der Waals surface area contributed by atoms with Gasteiger partial charge in [0.2, 0.25) is 0 Å². The summed E-state index contributed by atoms with van der Waals surface area (Å²) < 4.78 is 0. The van der Waals surface area contributed by atoms with Gasteiger partial charge < -0.3 is 4.90 Å². The van der Waals surface area contributed by atoms with Gasteiger partial charge >= 0.3 is 0 Å². The van der Waals surface area contributed by atoms with E-state index in [9.17, 15) is 4.79 Å². The highest BCUT2D eigenvalue weighted by Crippen LogP contribution is 2.65. The number of piperidine rings is 1. The van der Waals surface area contributed by atoms with Gasteiger partial charge in [0.1, 0.15) is 0 Å². The third kappa shape index (κ3) is 1.44. The van der Waals surface area contributed by atoms with E-state index in [1.54, 1.807) is 0 Å². The zero-order valence-electron chi connectivity index (χ0n) is 12.0. The topological polar surface area (TPSA) is 20.3 Å². The van der Waals surface area contributed by atoms with Gasteiger partial charge in [0, 0.05) is 30.3 Å². The molecule has 2 atom stereocenters. The van der Waals surface area contributed by atoms with Crippen molar-refractivity contribution in [3.05, 3.63) is 11.8 Å². The van der Waals surface area contributed by atoms with Crippen LogP contribution in [0.5, 0.6) is 0 Å². The highest BCUT2D eigenvalue weighted by Gasteiger charge is 2.64. The first-order valence-corrected chi connectivity index (χ1v) is 7.47. The molecule has 2 saturated carbocycles. The SMILES string of the molecule is CC1(C)[C@H]2CC[C@]1(C)C(=O)/C2=C/N1CCCCC1. The van der Waals surface area contributed by atoms with E-state index in [-0.39, 0.29) is 10.8 Å². The van der Waals surface area contributed by atoms with E-state index in [0.717, 1.165) is 25.1 Å². The van der Waals surface area contributed by atoms with Gasteiger partial charge in [0.25, 0.3) is 0 Å². The van der Waals surface area contributed by atoms with E-state index in [0.29, 0.717) is 11.7 Å². The molecule has 0 unspecified atom stereocenters. The molecular formula is C16H25NO. The summed E-state index contributed by atoms with van der Waals surface area (Å²) in [6.45, 7) is 9.05. The van der Waals surface area contributed by atoms with Gasteiger partial charge in [-0.25, -0.2) is 0 Å². The second-order valence-electron chi connectivity index (χ2n) is 7.16. The molecule has 0 aromatic heterocycles. The number of fused-ring (bicyclic) bond motifs is 2. The Morgan fingerprint density at radius 3 is 2.39 bits per heavy atom. The van der Waals surface area contributed by atoms with Crippen LogP contribution in [-0.4, -0.2) is 23.8 Å². The third-order valence-corrected chi connectivity index (χ3v) is 6.08. The number of likely N-dealkylation sites (tertiary alicyclic amines) is 1. The average molecular weight is 247 g/mol. The Kier molecular flexibility index (Phi) is 2.62. The minimum absolute atomic E-state index is 0.0979. The zero-order valence-corrected chi connectivity index (χ0v) is 12.0. The molecule has 1 aliphatic heterocycles. The lowest BCUT2D eigenvalue weighted by Crippen LogP contribution is -2.32. The van der Waals surface area contributed by atoms with Crippen LogP contribution in [-0.2, 0) is 4.79 Å². The van der Waals surface area contributed by atoms with Crippen LogP contribution in [0.3, 0.4) is 0 Å². The summed E-state index contributed by atoms with van der Waals surface area (Å²) in [5.41, 5.74) is 1.20. The van der Waals surface area contributed by atoms with Crippen LogP contribution in [0.2, 0.25) is 0 Å². The molecule has 0 amide bonds. The van der Waals surface area contributed by atoms with Gasteiger partial charge in [-0.1, -0.05) is 20.8 Å². The average Bonchev–Trinajstić information content (AvgIpc) is 2.65. The Labute approximate surface area is 110 Å². The summed E-state index contributed by atoms with van der Waals surface area (Å²) in [6, 6.07) is 0. The molecule has 3 fully saturated rings. The molecule has 0 radical (unpaired) electrons. The quantitative estimate of drug-likeness (QED) is 0.662. The van der Waals surface area contributed by atoms with E-state index in [4.69, 9.17) is 0 Å². The molecule has 3 rings (SSSR count). The lowest BCUT2D eigenvalue weighted by atomic mass is 9.70. The first-order valence-electron chi connectivity index (χ1n) is 7.47. The van der Waals surface area contributed by atoms with Crippen molar-refractivity contribution in [3.63, 3.8) is 0 Å². The maximum absolute atomic E-state index is 12.7. The minimum atomic E-state index is -0.0979. The van der Waals surface area contributed by atoms with Crippen molar-refractivity contribution in [2.45, 2.75) is 52.9 Å². The monoisotopic (exact) mass is 247 g/mol. The molecular weight excluding hydrogens is 222 g/mol. The Bertz CT molecular complexity index is 403. The first-order chi connectivity index (χ1) is 8.47. The van der Waals surface area contributed by atoms with Gasteiger partial charge in [0.15, 0.2) is 5.78 Å². The highest BCUT2D eigenvalue weighted by molar-refractivity contribution is 6.04. The van der Waals surface area contributed by atoms with Crippen LogP contribution < -0.4 is 0 Å². The second-order valence-corrected chi connectivity index (χ2v) is 7.16. The molecule has 18 heavy (non-hydrogen) atoms. The van der Waals surface area contributed by atoms with Gasteiger partial charge in [-0.15, -0.1) is 0 Å². The molecule has 2 nitrogen and oxygen atoms in total. The molecule has 1 heterocycles. The summed E-state index contributed by atoms with van der Waals surface area (Å²) in [7, 11) is 0. The number of ketones is 1. The van der Waals surface area contributed by atoms with Crippen LogP contribution in [0.4, 0.5) is 0 Å². The number of carbonyl (C=O) groups is 1. The lowest BCUT2D eigenvalue weighted by Gasteiger charge is -2.31. The minimum Gasteiger partial charge on any atom is -0.377 e.